The van der Waals surface area contributed by atoms with E-state index in [1.165, 1.54) is 5.52 Å². The van der Waals surface area contributed by atoms with Crippen LogP contribution in [0, 0.1) is 19.8 Å². The van der Waals surface area contributed by atoms with Crippen LogP contribution in [0.4, 0.5) is 5.69 Å². The number of carbonyl (C=O) groups is 1. The molecule has 1 N–H and O–H groups in total. The summed E-state index contributed by atoms with van der Waals surface area (Å²) >= 11 is 0. The summed E-state index contributed by atoms with van der Waals surface area (Å²) in [4.78, 5) is 20.2. The maximum Gasteiger partial charge on any atom is 0.228 e. The summed E-state index contributed by atoms with van der Waals surface area (Å²) < 4.78 is 2.29. The molecule has 1 atom stereocenters. The van der Waals surface area contributed by atoms with E-state index in [1.54, 1.807) is 0 Å². The second-order valence-electron chi connectivity index (χ2n) is 8.09. The third kappa shape index (κ3) is 4.06. The largest absolute Gasteiger partial charge is 0.327 e. The molecule has 1 amide bonds. The van der Waals surface area contributed by atoms with Gasteiger partial charge in [-0.2, -0.15) is 0 Å². The van der Waals surface area contributed by atoms with Crippen molar-refractivity contribution < 1.29 is 4.79 Å². The highest BCUT2D eigenvalue weighted by atomic mass is 16.1. The van der Waals surface area contributed by atoms with Gasteiger partial charge in [-0.05, 0) is 63.4 Å². The molecule has 2 aromatic carbocycles. The summed E-state index contributed by atoms with van der Waals surface area (Å²) in [5, 5.41) is 3.19. The monoisotopic (exact) mass is 390 g/mol. The van der Waals surface area contributed by atoms with Crippen LogP contribution in [0.15, 0.2) is 42.5 Å². The highest BCUT2D eigenvalue weighted by Crippen LogP contribution is 2.25. The Morgan fingerprint density at radius 2 is 1.90 bits per heavy atom. The number of aromatic nitrogens is 2. The van der Waals surface area contributed by atoms with Crippen LogP contribution >= 0.6 is 0 Å². The lowest BCUT2D eigenvalue weighted by atomic mass is 9.96. The number of fused-ring (bicyclic) bond motifs is 1. The first-order chi connectivity index (χ1) is 14.1. The fourth-order valence-corrected chi connectivity index (χ4v) is 4.45. The van der Waals surface area contributed by atoms with Crippen LogP contribution in [-0.4, -0.2) is 33.4 Å². The van der Waals surface area contributed by atoms with Crippen molar-refractivity contribution in [1.82, 2.24) is 14.5 Å². The second kappa shape index (κ2) is 8.37. The molecule has 0 radical (unpaired) electrons. The zero-order chi connectivity index (χ0) is 20.4. The lowest BCUT2D eigenvalue weighted by Gasteiger charge is -2.32. The van der Waals surface area contributed by atoms with Crippen molar-refractivity contribution in [2.45, 2.75) is 46.7 Å². The van der Waals surface area contributed by atoms with Crippen LogP contribution in [0.5, 0.6) is 0 Å². The molecule has 5 nitrogen and oxygen atoms in total. The summed E-state index contributed by atoms with van der Waals surface area (Å²) in [6.45, 7) is 9.74. The maximum atomic E-state index is 13.0. The number of nitrogens with zero attached hydrogens (tertiary/aromatic N) is 3. The standard InChI is InChI=1S/C24H30N4O/c1-4-28-21-13-6-5-12-20(21)25-22(28)16-27-14-8-11-19(15-27)24(29)26-23-17(2)9-7-10-18(23)3/h5-7,9-10,12-13,19H,4,8,11,14-16H2,1-3H3,(H,26,29)/t19-/m1/s1. The number of likely N-dealkylation sites (tertiary alicyclic amines) is 1. The van der Waals surface area contributed by atoms with Gasteiger partial charge in [0.25, 0.3) is 0 Å². The lowest BCUT2D eigenvalue weighted by Crippen LogP contribution is -2.40. The van der Waals surface area contributed by atoms with E-state index in [4.69, 9.17) is 4.98 Å². The van der Waals surface area contributed by atoms with Gasteiger partial charge in [-0.25, -0.2) is 4.98 Å². The molecule has 29 heavy (non-hydrogen) atoms. The summed E-state index contributed by atoms with van der Waals surface area (Å²) in [5.74, 6) is 1.24. The van der Waals surface area contributed by atoms with Gasteiger partial charge in [-0.3, -0.25) is 9.69 Å². The number of piperidine rings is 1. The molecule has 2 heterocycles. The van der Waals surface area contributed by atoms with Crippen molar-refractivity contribution in [2.24, 2.45) is 5.92 Å². The van der Waals surface area contributed by atoms with Gasteiger partial charge in [0.1, 0.15) is 5.82 Å². The minimum Gasteiger partial charge on any atom is -0.327 e. The molecule has 0 unspecified atom stereocenters. The second-order valence-corrected chi connectivity index (χ2v) is 8.09. The van der Waals surface area contributed by atoms with E-state index in [9.17, 15) is 4.79 Å². The number of para-hydroxylation sites is 3. The van der Waals surface area contributed by atoms with Gasteiger partial charge in [0.2, 0.25) is 5.91 Å². The molecule has 152 valence electrons. The Morgan fingerprint density at radius 3 is 2.66 bits per heavy atom. The highest BCUT2D eigenvalue weighted by Gasteiger charge is 2.27. The number of rotatable bonds is 5. The third-order valence-corrected chi connectivity index (χ3v) is 6.02. The number of aryl methyl sites for hydroxylation is 3. The number of imidazole rings is 1. The Bertz CT molecular complexity index is 1000. The Balaban J connectivity index is 1.47. The fourth-order valence-electron chi connectivity index (χ4n) is 4.45. The zero-order valence-corrected chi connectivity index (χ0v) is 17.6. The third-order valence-electron chi connectivity index (χ3n) is 6.02. The van der Waals surface area contributed by atoms with E-state index >= 15 is 0 Å². The number of anilines is 1. The fraction of sp³-hybridized carbons (Fsp3) is 0.417. The van der Waals surface area contributed by atoms with E-state index in [2.05, 4.69) is 39.9 Å². The molecule has 1 saturated heterocycles. The Morgan fingerprint density at radius 1 is 1.14 bits per heavy atom. The highest BCUT2D eigenvalue weighted by molar-refractivity contribution is 5.94. The first-order valence-electron chi connectivity index (χ1n) is 10.6. The van der Waals surface area contributed by atoms with E-state index in [-0.39, 0.29) is 11.8 Å². The van der Waals surface area contributed by atoms with Crippen molar-refractivity contribution in [2.75, 3.05) is 18.4 Å². The molecule has 5 heteroatoms. The quantitative estimate of drug-likeness (QED) is 0.697. The molecular formula is C24H30N4O. The van der Waals surface area contributed by atoms with Gasteiger partial charge in [-0.1, -0.05) is 30.3 Å². The predicted molar refractivity (Wildman–Crippen MR) is 118 cm³/mol. The van der Waals surface area contributed by atoms with Crippen molar-refractivity contribution in [3.05, 3.63) is 59.4 Å². The van der Waals surface area contributed by atoms with E-state index in [1.807, 2.05) is 38.1 Å². The normalized spacial score (nSPS) is 17.6. The molecule has 4 rings (SSSR count). The number of hydrogen-bond acceptors (Lipinski definition) is 3. The van der Waals surface area contributed by atoms with Gasteiger partial charge in [-0.15, -0.1) is 0 Å². The van der Waals surface area contributed by atoms with Crippen LogP contribution in [0.3, 0.4) is 0 Å². The molecule has 3 aromatic rings. The van der Waals surface area contributed by atoms with Crippen LogP contribution < -0.4 is 5.32 Å². The lowest BCUT2D eigenvalue weighted by molar-refractivity contribution is -0.121. The number of amides is 1. The topological polar surface area (TPSA) is 50.2 Å². The van der Waals surface area contributed by atoms with E-state index < -0.39 is 0 Å². The van der Waals surface area contributed by atoms with E-state index in [0.29, 0.717) is 0 Å². The Hall–Kier alpha value is -2.66. The number of nitrogens with one attached hydrogen (secondary N) is 1. The molecule has 0 aliphatic carbocycles. The Labute approximate surface area is 172 Å². The average Bonchev–Trinajstić information content (AvgIpc) is 3.07. The molecule has 0 bridgehead atoms. The zero-order valence-electron chi connectivity index (χ0n) is 17.6. The van der Waals surface area contributed by atoms with Crippen molar-refractivity contribution in [3.63, 3.8) is 0 Å². The first-order valence-corrected chi connectivity index (χ1v) is 10.6. The van der Waals surface area contributed by atoms with Crippen LogP contribution in [0.1, 0.15) is 36.7 Å². The maximum absolute atomic E-state index is 13.0. The minimum absolute atomic E-state index is 0.0159. The molecule has 0 saturated carbocycles. The number of hydrogen-bond donors (Lipinski definition) is 1. The van der Waals surface area contributed by atoms with Crippen molar-refractivity contribution in [3.8, 4) is 0 Å². The van der Waals surface area contributed by atoms with Gasteiger partial charge >= 0.3 is 0 Å². The summed E-state index contributed by atoms with van der Waals surface area (Å²) in [6, 6.07) is 14.4. The molecule has 1 fully saturated rings. The Kier molecular flexibility index (Phi) is 5.67. The predicted octanol–water partition coefficient (Wildman–Crippen LogP) is 4.52. The van der Waals surface area contributed by atoms with Gasteiger partial charge in [0.05, 0.1) is 23.5 Å². The SMILES string of the molecule is CCn1c(CN2CCC[C@@H](C(=O)Nc3c(C)cccc3C)C2)nc2ccccc21. The van der Waals surface area contributed by atoms with Crippen molar-refractivity contribution >= 4 is 22.6 Å². The first kappa shape index (κ1) is 19.6. The molecule has 0 spiro atoms. The number of carbonyl (C=O) groups excluding carboxylic acids is 1. The summed E-state index contributed by atoms with van der Waals surface area (Å²) in [5.41, 5.74) is 5.42. The van der Waals surface area contributed by atoms with Crippen LogP contribution in [-0.2, 0) is 17.9 Å². The van der Waals surface area contributed by atoms with Crippen LogP contribution in [0.2, 0.25) is 0 Å². The molecule has 1 aromatic heterocycles. The summed E-state index contributed by atoms with van der Waals surface area (Å²) in [6.07, 6.45) is 1.98. The van der Waals surface area contributed by atoms with Gasteiger partial charge in [0.15, 0.2) is 0 Å². The molecule has 1 aliphatic heterocycles. The molecule has 1 aliphatic rings. The van der Waals surface area contributed by atoms with Gasteiger partial charge in [0, 0.05) is 18.8 Å². The average molecular weight is 391 g/mol. The van der Waals surface area contributed by atoms with E-state index in [0.717, 1.165) is 67.2 Å². The number of benzene rings is 2. The smallest absolute Gasteiger partial charge is 0.228 e. The molecular weight excluding hydrogens is 360 g/mol. The van der Waals surface area contributed by atoms with Gasteiger partial charge < -0.3 is 9.88 Å². The summed E-state index contributed by atoms with van der Waals surface area (Å²) in [7, 11) is 0. The minimum atomic E-state index is 0.0159. The van der Waals surface area contributed by atoms with Crippen molar-refractivity contribution in [1.29, 1.82) is 0 Å². The van der Waals surface area contributed by atoms with Crippen LogP contribution in [0.25, 0.3) is 11.0 Å².